The van der Waals surface area contributed by atoms with Crippen molar-refractivity contribution in [2.24, 2.45) is 12.8 Å². The number of benzene rings is 2. The molecule has 1 heterocycles. The first-order valence-corrected chi connectivity index (χ1v) is 9.25. The monoisotopic (exact) mass is 408 g/mol. The van der Waals surface area contributed by atoms with Crippen molar-refractivity contribution < 1.29 is 18.8 Å². The van der Waals surface area contributed by atoms with Crippen molar-refractivity contribution in [2.45, 2.75) is 19.4 Å². The van der Waals surface area contributed by atoms with E-state index in [4.69, 9.17) is 5.73 Å². The Morgan fingerprint density at radius 2 is 1.83 bits per heavy atom. The van der Waals surface area contributed by atoms with Gasteiger partial charge in [-0.05, 0) is 24.1 Å². The first-order chi connectivity index (χ1) is 14.3. The van der Waals surface area contributed by atoms with Gasteiger partial charge in [-0.15, -0.1) is 0 Å². The number of carbonyl (C=O) groups is 3. The molecule has 2 aromatic carbocycles. The maximum absolute atomic E-state index is 14.0. The largest absolute Gasteiger partial charge is 0.363 e. The first-order valence-electron chi connectivity index (χ1n) is 9.25. The van der Waals surface area contributed by atoms with Gasteiger partial charge in [0.05, 0.1) is 5.56 Å². The maximum Gasteiger partial charge on any atom is 0.287 e. The molecule has 0 saturated heterocycles. The molecule has 0 saturated carbocycles. The highest BCUT2D eigenvalue weighted by Crippen LogP contribution is 2.27. The number of carbonyl (C=O) groups excluding carboxylic acids is 3. The summed E-state index contributed by atoms with van der Waals surface area (Å²) in [7, 11) is 1.63. The van der Waals surface area contributed by atoms with Gasteiger partial charge in [0.2, 0.25) is 5.78 Å². The van der Waals surface area contributed by atoms with Gasteiger partial charge in [-0.1, -0.05) is 42.5 Å². The fourth-order valence-electron chi connectivity index (χ4n) is 3.18. The van der Waals surface area contributed by atoms with Crippen molar-refractivity contribution in [3.63, 3.8) is 0 Å². The fourth-order valence-corrected chi connectivity index (χ4v) is 3.18. The van der Waals surface area contributed by atoms with E-state index in [-0.39, 0.29) is 17.7 Å². The van der Waals surface area contributed by atoms with Crippen LogP contribution in [0.5, 0.6) is 0 Å². The zero-order valence-corrected chi connectivity index (χ0v) is 16.6. The van der Waals surface area contributed by atoms with E-state index in [1.54, 1.807) is 44.3 Å². The van der Waals surface area contributed by atoms with E-state index in [2.05, 4.69) is 10.4 Å². The molecule has 1 atom stereocenters. The van der Waals surface area contributed by atoms with E-state index >= 15 is 0 Å². The van der Waals surface area contributed by atoms with Crippen LogP contribution in [0, 0.1) is 12.7 Å². The Labute approximate surface area is 172 Å². The maximum atomic E-state index is 14.0. The van der Waals surface area contributed by atoms with Crippen LogP contribution in [0.4, 0.5) is 4.39 Å². The Balaban J connectivity index is 1.94. The molecule has 30 heavy (non-hydrogen) atoms. The quantitative estimate of drug-likeness (QED) is 0.583. The number of amides is 2. The minimum absolute atomic E-state index is 0.100. The Morgan fingerprint density at radius 1 is 1.13 bits per heavy atom. The number of aryl methyl sites for hydroxylation is 1. The number of nitrogens with two attached hydrogens (primary N) is 1. The lowest BCUT2D eigenvalue weighted by Gasteiger charge is -2.16. The SMILES string of the molecule is Cc1c(F)cccc1-c1nn(C)cc1C(=O)NC(Cc1ccccc1)C(=O)C(N)=O. The average Bonchev–Trinajstić information content (AvgIpc) is 3.11. The molecule has 8 heteroatoms. The summed E-state index contributed by atoms with van der Waals surface area (Å²) < 4.78 is 15.4. The van der Waals surface area contributed by atoms with Gasteiger partial charge in [0.1, 0.15) is 17.6 Å². The molecular weight excluding hydrogens is 387 g/mol. The Morgan fingerprint density at radius 3 is 2.50 bits per heavy atom. The van der Waals surface area contributed by atoms with Crippen LogP contribution in [0.15, 0.2) is 54.7 Å². The summed E-state index contributed by atoms with van der Waals surface area (Å²) in [5.74, 6) is -3.07. The molecule has 0 aliphatic rings. The van der Waals surface area contributed by atoms with Crippen LogP contribution in [0.25, 0.3) is 11.3 Å². The standard InChI is InChI=1S/C22H21FN4O3/c1-13-15(9-6-10-17(13)23)19-16(12-27(2)26-19)22(30)25-18(20(28)21(24)29)11-14-7-4-3-5-8-14/h3-10,12,18H,11H2,1-2H3,(H2,24,29)(H,25,30). The van der Waals surface area contributed by atoms with Crippen LogP contribution in [-0.2, 0) is 23.1 Å². The fraction of sp³-hybridized carbons (Fsp3) is 0.182. The third-order valence-corrected chi connectivity index (χ3v) is 4.74. The van der Waals surface area contributed by atoms with Crippen molar-refractivity contribution in [2.75, 3.05) is 0 Å². The van der Waals surface area contributed by atoms with Crippen molar-refractivity contribution in [3.05, 3.63) is 77.2 Å². The number of rotatable bonds is 7. The van der Waals surface area contributed by atoms with E-state index in [0.29, 0.717) is 11.1 Å². The van der Waals surface area contributed by atoms with E-state index < -0.39 is 29.5 Å². The average molecular weight is 408 g/mol. The zero-order valence-electron chi connectivity index (χ0n) is 16.6. The van der Waals surface area contributed by atoms with Crippen molar-refractivity contribution in [1.29, 1.82) is 0 Å². The number of nitrogens with zero attached hydrogens (tertiary/aromatic N) is 2. The van der Waals surface area contributed by atoms with E-state index in [0.717, 1.165) is 5.56 Å². The molecule has 0 bridgehead atoms. The van der Waals surface area contributed by atoms with Gasteiger partial charge in [-0.25, -0.2) is 4.39 Å². The van der Waals surface area contributed by atoms with E-state index in [1.165, 1.54) is 23.0 Å². The van der Waals surface area contributed by atoms with Gasteiger partial charge in [-0.3, -0.25) is 19.1 Å². The molecule has 1 aromatic heterocycles. The van der Waals surface area contributed by atoms with Crippen LogP contribution >= 0.6 is 0 Å². The van der Waals surface area contributed by atoms with Crippen LogP contribution in [-0.4, -0.2) is 33.4 Å². The summed E-state index contributed by atoms with van der Waals surface area (Å²) in [5, 5.41) is 6.87. The number of halogens is 1. The summed E-state index contributed by atoms with van der Waals surface area (Å²) in [6, 6.07) is 12.3. The summed E-state index contributed by atoms with van der Waals surface area (Å²) in [6.07, 6.45) is 1.58. The number of Topliss-reactive ketones (excluding diaryl/α,β-unsaturated/α-hetero) is 1. The van der Waals surface area contributed by atoms with Crippen molar-refractivity contribution in [3.8, 4) is 11.3 Å². The van der Waals surface area contributed by atoms with Crippen molar-refractivity contribution >= 4 is 17.6 Å². The highest BCUT2D eigenvalue weighted by atomic mass is 19.1. The number of hydrogen-bond acceptors (Lipinski definition) is 4. The van der Waals surface area contributed by atoms with Gasteiger partial charge >= 0.3 is 0 Å². The summed E-state index contributed by atoms with van der Waals surface area (Å²) in [4.78, 5) is 36.8. The molecule has 3 aromatic rings. The molecule has 7 nitrogen and oxygen atoms in total. The zero-order chi connectivity index (χ0) is 21.8. The van der Waals surface area contributed by atoms with Crippen LogP contribution in [0.2, 0.25) is 0 Å². The number of nitrogens with one attached hydrogen (secondary N) is 1. The smallest absolute Gasteiger partial charge is 0.287 e. The van der Waals surface area contributed by atoms with E-state index in [1.807, 2.05) is 6.07 Å². The van der Waals surface area contributed by atoms with Gasteiger partial charge in [0, 0.05) is 25.2 Å². The van der Waals surface area contributed by atoms with Crippen LogP contribution in [0.1, 0.15) is 21.5 Å². The van der Waals surface area contributed by atoms with Crippen molar-refractivity contribution in [1.82, 2.24) is 15.1 Å². The molecule has 0 radical (unpaired) electrons. The van der Waals surface area contributed by atoms with Gasteiger partial charge < -0.3 is 11.1 Å². The predicted molar refractivity (Wildman–Crippen MR) is 109 cm³/mol. The molecular formula is C22H21FN4O3. The molecule has 2 amide bonds. The van der Waals surface area contributed by atoms with Gasteiger partial charge in [-0.2, -0.15) is 5.10 Å². The molecule has 3 N–H and O–H groups in total. The third kappa shape index (κ3) is 4.43. The summed E-state index contributed by atoms with van der Waals surface area (Å²) >= 11 is 0. The minimum Gasteiger partial charge on any atom is -0.363 e. The second-order valence-corrected chi connectivity index (χ2v) is 6.92. The number of primary amides is 1. The molecule has 0 fully saturated rings. The van der Waals surface area contributed by atoms with Gasteiger partial charge in [0.15, 0.2) is 0 Å². The minimum atomic E-state index is -1.14. The molecule has 3 rings (SSSR count). The van der Waals surface area contributed by atoms with E-state index in [9.17, 15) is 18.8 Å². The lowest BCUT2D eigenvalue weighted by Crippen LogP contribution is -2.47. The number of ketones is 1. The highest BCUT2D eigenvalue weighted by Gasteiger charge is 2.28. The normalized spacial score (nSPS) is 11.7. The Hall–Kier alpha value is -3.81. The molecule has 0 spiro atoms. The van der Waals surface area contributed by atoms with Crippen LogP contribution < -0.4 is 11.1 Å². The third-order valence-electron chi connectivity index (χ3n) is 4.74. The molecule has 154 valence electrons. The summed E-state index contributed by atoms with van der Waals surface area (Å²) in [6.45, 7) is 1.59. The second-order valence-electron chi connectivity index (χ2n) is 6.92. The lowest BCUT2D eigenvalue weighted by molar-refractivity contribution is -0.137. The molecule has 0 aliphatic carbocycles. The Kier molecular flexibility index (Phi) is 6.06. The summed E-state index contributed by atoms with van der Waals surface area (Å²) in [5.41, 5.74) is 7.16. The highest BCUT2D eigenvalue weighted by molar-refractivity contribution is 6.38. The first kappa shape index (κ1) is 20.9. The lowest BCUT2D eigenvalue weighted by atomic mass is 10.00. The molecule has 1 unspecified atom stereocenters. The predicted octanol–water partition coefficient (Wildman–Crippen LogP) is 1.93. The number of hydrogen-bond donors (Lipinski definition) is 2. The second kappa shape index (κ2) is 8.69. The topological polar surface area (TPSA) is 107 Å². The molecule has 0 aliphatic heterocycles. The van der Waals surface area contributed by atoms with Gasteiger partial charge in [0.25, 0.3) is 11.8 Å². The Bertz CT molecular complexity index is 1110. The number of aromatic nitrogens is 2. The van der Waals surface area contributed by atoms with Crippen LogP contribution in [0.3, 0.4) is 0 Å².